The molecular formula is C70H110O6. The lowest BCUT2D eigenvalue weighted by molar-refractivity contribution is -0.167. The minimum atomic E-state index is -0.826. The van der Waals surface area contributed by atoms with Crippen molar-refractivity contribution in [1.29, 1.82) is 0 Å². The summed E-state index contributed by atoms with van der Waals surface area (Å²) in [4.78, 5) is 38.2. The number of carbonyl (C=O) groups excluding carboxylic acids is 3. The Kier molecular flexibility index (Phi) is 58.5. The molecule has 0 rings (SSSR count). The van der Waals surface area contributed by atoms with Gasteiger partial charge in [0.1, 0.15) is 13.2 Å². The van der Waals surface area contributed by atoms with E-state index < -0.39 is 6.10 Å². The molecule has 426 valence electrons. The number of ether oxygens (including phenoxy) is 3. The molecule has 0 heterocycles. The third-order valence-electron chi connectivity index (χ3n) is 12.2. The molecule has 0 bridgehead atoms. The zero-order valence-corrected chi connectivity index (χ0v) is 48.7. The molecule has 76 heavy (non-hydrogen) atoms. The van der Waals surface area contributed by atoms with E-state index in [4.69, 9.17) is 14.2 Å². The largest absolute Gasteiger partial charge is 0.462 e. The van der Waals surface area contributed by atoms with Gasteiger partial charge < -0.3 is 14.2 Å². The molecule has 0 aliphatic carbocycles. The van der Waals surface area contributed by atoms with Gasteiger partial charge in [0, 0.05) is 19.3 Å². The first kappa shape index (κ1) is 71.0. The Bertz CT molecular complexity index is 1720. The van der Waals surface area contributed by atoms with Crippen molar-refractivity contribution in [1.82, 2.24) is 0 Å². The number of allylic oxidation sites excluding steroid dienone is 26. The van der Waals surface area contributed by atoms with Crippen LogP contribution in [0.2, 0.25) is 0 Å². The van der Waals surface area contributed by atoms with Gasteiger partial charge in [0.15, 0.2) is 6.10 Å². The van der Waals surface area contributed by atoms with Gasteiger partial charge in [-0.05, 0) is 148 Å². The predicted octanol–water partition coefficient (Wildman–Crippen LogP) is 20.9. The van der Waals surface area contributed by atoms with Gasteiger partial charge in [0.05, 0.1) is 0 Å². The summed E-state index contributed by atoms with van der Waals surface area (Å²) in [6, 6.07) is 0. The van der Waals surface area contributed by atoms with Crippen LogP contribution in [-0.2, 0) is 28.6 Å². The highest BCUT2D eigenvalue weighted by Gasteiger charge is 2.19. The second-order valence-electron chi connectivity index (χ2n) is 19.5. The normalized spacial score (nSPS) is 13.2. The number of esters is 3. The van der Waals surface area contributed by atoms with Gasteiger partial charge >= 0.3 is 17.9 Å². The molecule has 0 N–H and O–H groups in total. The number of hydrogen-bond acceptors (Lipinski definition) is 6. The summed E-state index contributed by atoms with van der Waals surface area (Å²) >= 11 is 0. The highest BCUT2D eigenvalue weighted by Crippen LogP contribution is 2.13. The van der Waals surface area contributed by atoms with Gasteiger partial charge in [-0.2, -0.15) is 0 Å². The Morgan fingerprint density at radius 1 is 0.276 bits per heavy atom. The van der Waals surface area contributed by atoms with Crippen molar-refractivity contribution >= 4 is 17.9 Å². The second kappa shape index (κ2) is 62.6. The Balaban J connectivity index is 4.52. The molecule has 0 radical (unpaired) electrons. The van der Waals surface area contributed by atoms with Crippen molar-refractivity contribution in [3.8, 4) is 0 Å². The lowest BCUT2D eigenvalue weighted by atomic mass is 10.1. The molecule has 0 aromatic carbocycles. The van der Waals surface area contributed by atoms with Crippen molar-refractivity contribution in [2.75, 3.05) is 13.2 Å². The van der Waals surface area contributed by atoms with E-state index in [0.717, 1.165) is 135 Å². The van der Waals surface area contributed by atoms with Crippen LogP contribution in [0.4, 0.5) is 0 Å². The highest BCUT2D eigenvalue weighted by atomic mass is 16.6. The quantitative estimate of drug-likeness (QED) is 0.0261. The molecule has 0 saturated carbocycles. The fraction of sp³-hybridized carbons (Fsp3) is 0.586. The topological polar surface area (TPSA) is 78.9 Å². The smallest absolute Gasteiger partial charge is 0.306 e. The van der Waals surface area contributed by atoms with Gasteiger partial charge in [-0.15, -0.1) is 0 Å². The number of rotatable bonds is 53. The fourth-order valence-electron chi connectivity index (χ4n) is 7.74. The van der Waals surface area contributed by atoms with Crippen LogP contribution in [-0.4, -0.2) is 37.2 Å². The molecule has 0 fully saturated rings. The van der Waals surface area contributed by atoms with Crippen LogP contribution in [0.5, 0.6) is 0 Å². The number of hydrogen-bond donors (Lipinski definition) is 0. The van der Waals surface area contributed by atoms with E-state index in [2.05, 4.69) is 179 Å². The molecule has 0 spiro atoms. The molecule has 1 unspecified atom stereocenters. The Labute approximate surface area is 467 Å². The third-order valence-corrected chi connectivity index (χ3v) is 12.2. The lowest BCUT2D eigenvalue weighted by Crippen LogP contribution is -2.30. The molecule has 0 aliphatic heterocycles. The number of unbranched alkanes of at least 4 members (excludes halogenated alkanes) is 16. The average molecular weight is 1050 g/mol. The van der Waals surface area contributed by atoms with Crippen LogP contribution in [0, 0.1) is 0 Å². The van der Waals surface area contributed by atoms with E-state index >= 15 is 0 Å². The van der Waals surface area contributed by atoms with Gasteiger partial charge in [-0.1, -0.05) is 237 Å². The van der Waals surface area contributed by atoms with E-state index in [1.165, 1.54) is 57.8 Å². The third kappa shape index (κ3) is 59.9. The summed E-state index contributed by atoms with van der Waals surface area (Å²) in [6.07, 6.45) is 91.0. The summed E-state index contributed by atoms with van der Waals surface area (Å²) in [5, 5.41) is 0. The van der Waals surface area contributed by atoms with Crippen LogP contribution in [0.1, 0.15) is 245 Å². The van der Waals surface area contributed by atoms with Crippen molar-refractivity contribution in [3.63, 3.8) is 0 Å². The van der Waals surface area contributed by atoms with Crippen LogP contribution < -0.4 is 0 Å². The first-order valence-corrected chi connectivity index (χ1v) is 30.5. The first-order valence-electron chi connectivity index (χ1n) is 30.5. The van der Waals surface area contributed by atoms with Crippen LogP contribution in [0.15, 0.2) is 158 Å². The zero-order chi connectivity index (χ0) is 55.0. The van der Waals surface area contributed by atoms with Gasteiger partial charge in [0.2, 0.25) is 0 Å². The summed E-state index contributed by atoms with van der Waals surface area (Å²) in [5.74, 6) is -1.02. The minimum absolute atomic E-state index is 0.123. The molecule has 0 amide bonds. The molecule has 6 heteroatoms. The average Bonchev–Trinajstić information content (AvgIpc) is 3.42. The lowest BCUT2D eigenvalue weighted by Gasteiger charge is -2.18. The molecule has 0 aromatic rings. The number of carbonyl (C=O) groups is 3. The molecular weight excluding hydrogens is 937 g/mol. The Hall–Kier alpha value is -4.97. The van der Waals surface area contributed by atoms with Crippen molar-refractivity contribution < 1.29 is 28.6 Å². The van der Waals surface area contributed by atoms with Crippen LogP contribution in [0.3, 0.4) is 0 Å². The van der Waals surface area contributed by atoms with E-state index in [0.29, 0.717) is 19.3 Å². The van der Waals surface area contributed by atoms with E-state index in [1.807, 2.05) is 0 Å². The summed E-state index contributed by atoms with van der Waals surface area (Å²) < 4.78 is 16.8. The second-order valence-corrected chi connectivity index (χ2v) is 19.5. The SMILES string of the molecule is CC/C=C\C/C=C\C/C=C\C/C=C\C/C=C\C/C=C\C/C=C\C/C=C\CCCCC(=O)OCC(COC(=O)CCCC/C=C\C/C=C\C/C=C\C/C=C\CC)OC(=O)CCCCCCC/C=C\CCCCCCCCC. The fourth-order valence-corrected chi connectivity index (χ4v) is 7.74. The molecule has 0 saturated heterocycles. The highest BCUT2D eigenvalue weighted by molar-refractivity contribution is 5.71. The van der Waals surface area contributed by atoms with E-state index in [-0.39, 0.29) is 44.0 Å². The van der Waals surface area contributed by atoms with E-state index in [9.17, 15) is 14.4 Å². The maximum Gasteiger partial charge on any atom is 0.306 e. The minimum Gasteiger partial charge on any atom is -0.462 e. The van der Waals surface area contributed by atoms with Crippen LogP contribution in [0.25, 0.3) is 0 Å². The molecule has 0 aromatic heterocycles. The first-order chi connectivity index (χ1) is 37.5. The van der Waals surface area contributed by atoms with Crippen molar-refractivity contribution in [2.24, 2.45) is 0 Å². The zero-order valence-electron chi connectivity index (χ0n) is 48.7. The Morgan fingerprint density at radius 3 is 0.842 bits per heavy atom. The Morgan fingerprint density at radius 2 is 0.513 bits per heavy atom. The summed E-state index contributed by atoms with van der Waals surface area (Å²) in [7, 11) is 0. The summed E-state index contributed by atoms with van der Waals surface area (Å²) in [6.45, 7) is 6.32. The van der Waals surface area contributed by atoms with Gasteiger partial charge in [-0.3, -0.25) is 14.4 Å². The molecule has 0 aliphatic rings. The predicted molar refractivity (Wildman–Crippen MR) is 329 cm³/mol. The van der Waals surface area contributed by atoms with Crippen molar-refractivity contribution in [2.45, 2.75) is 252 Å². The van der Waals surface area contributed by atoms with Crippen LogP contribution >= 0.6 is 0 Å². The van der Waals surface area contributed by atoms with Crippen molar-refractivity contribution in [3.05, 3.63) is 158 Å². The molecule has 1 atom stereocenters. The van der Waals surface area contributed by atoms with Gasteiger partial charge in [0.25, 0.3) is 0 Å². The summed E-state index contributed by atoms with van der Waals surface area (Å²) in [5.41, 5.74) is 0. The monoisotopic (exact) mass is 1050 g/mol. The molecule has 6 nitrogen and oxygen atoms in total. The maximum absolute atomic E-state index is 12.9. The van der Waals surface area contributed by atoms with E-state index in [1.54, 1.807) is 0 Å². The van der Waals surface area contributed by atoms with Gasteiger partial charge in [-0.25, -0.2) is 0 Å². The maximum atomic E-state index is 12.9. The standard InChI is InChI=1S/C70H110O6/c1-4-7-10-13-16-19-22-25-28-30-31-32-33-34-35-36-37-38-39-40-43-45-48-51-54-57-60-63-69(72)75-66-67(65-74-68(71)62-59-56-53-50-47-44-41-27-24-21-18-15-12-9-6-3)76-70(73)64-61-58-55-52-49-46-42-29-26-23-20-17-14-11-8-5-2/h7,9-10,12,16,18-19,21,25,27-29,31-32,34-35,37-38,40-43,47-48,50-51,67H,4-6,8,11,13-15,17,20,22-24,26,30,33,36,39,44-46,49,52-66H2,1-3H3/b10-7-,12-9-,19-16-,21-18-,28-25-,32-31-,35-34-,38-37-,41-27-,42-29-,43-40-,50-47-,51-48-.